The molecule has 0 aliphatic rings. The molecule has 0 spiro atoms. The number of rotatable bonds is 4. The Morgan fingerprint density at radius 3 is 2.65 bits per heavy atom. The first-order valence-corrected chi connectivity index (χ1v) is 5.82. The van der Waals surface area contributed by atoms with Gasteiger partial charge in [-0.2, -0.15) is 5.26 Å². The molecular weight excluding hydrogens is 256 g/mol. The molecule has 98 valence electrons. The standard InChI is InChI=1S/C15H10N2O3/c16-9-13-7-11(4-5-17-13)10-2-1-3-12(6-10)14(18)8-15(19)20/h1-7H,8H2,(H,19,20). The van der Waals surface area contributed by atoms with Crippen molar-refractivity contribution in [1.82, 2.24) is 4.98 Å². The number of carboxylic acid groups (broad SMARTS) is 1. The van der Waals surface area contributed by atoms with E-state index in [2.05, 4.69) is 4.98 Å². The molecule has 0 bridgehead atoms. The molecule has 20 heavy (non-hydrogen) atoms. The number of benzene rings is 1. The zero-order chi connectivity index (χ0) is 14.5. The van der Waals surface area contributed by atoms with E-state index in [1.165, 1.54) is 6.20 Å². The Morgan fingerprint density at radius 1 is 1.20 bits per heavy atom. The van der Waals surface area contributed by atoms with Gasteiger partial charge in [-0.1, -0.05) is 18.2 Å². The molecule has 0 atom stereocenters. The number of carboxylic acids is 1. The molecule has 0 unspecified atom stereocenters. The number of aromatic nitrogens is 1. The van der Waals surface area contributed by atoms with Crippen molar-refractivity contribution in [3.8, 4) is 17.2 Å². The molecule has 0 fully saturated rings. The zero-order valence-electron chi connectivity index (χ0n) is 10.4. The number of nitriles is 1. The Labute approximate surface area is 115 Å². The van der Waals surface area contributed by atoms with Gasteiger partial charge in [0.15, 0.2) is 5.78 Å². The molecule has 0 saturated heterocycles. The van der Waals surface area contributed by atoms with Crippen LogP contribution >= 0.6 is 0 Å². The van der Waals surface area contributed by atoms with Gasteiger partial charge in [-0.3, -0.25) is 9.59 Å². The van der Waals surface area contributed by atoms with E-state index in [-0.39, 0.29) is 5.69 Å². The number of Topliss-reactive ketones (excluding diaryl/α,β-unsaturated/α-hetero) is 1. The molecule has 0 amide bonds. The van der Waals surface area contributed by atoms with Crippen LogP contribution in [0.5, 0.6) is 0 Å². The fourth-order valence-electron chi connectivity index (χ4n) is 1.78. The van der Waals surface area contributed by atoms with Gasteiger partial charge < -0.3 is 5.11 Å². The second kappa shape index (κ2) is 5.76. The van der Waals surface area contributed by atoms with E-state index in [0.29, 0.717) is 5.56 Å². The molecule has 1 N–H and O–H groups in total. The molecule has 5 heteroatoms. The highest BCUT2D eigenvalue weighted by Crippen LogP contribution is 2.21. The monoisotopic (exact) mass is 266 g/mol. The predicted molar refractivity (Wildman–Crippen MR) is 71.0 cm³/mol. The van der Waals surface area contributed by atoms with Crippen LogP contribution in [0.2, 0.25) is 0 Å². The van der Waals surface area contributed by atoms with Crippen molar-refractivity contribution in [2.45, 2.75) is 6.42 Å². The summed E-state index contributed by atoms with van der Waals surface area (Å²) in [6, 6.07) is 11.9. The maximum absolute atomic E-state index is 11.7. The maximum atomic E-state index is 11.7. The first-order chi connectivity index (χ1) is 9.60. The largest absolute Gasteiger partial charge is 0.481 e. The number of aliphatic carboxylic acids is 1. The van der Waals surface area contributed by atoms with E-state index in [1.54, 1.807) is 36.4 Å². The SMILES string of the molecule is N#Cc1cc(-c2cccc(C(=O)CC(=O)O)c2)ccn1. The normalized spacial score (nSPS) is 9.75. The van der Waals surface area contributed by atoms with Crippen molar-refractivity contribution < 1.29 is 14.7 Å². The number of carbonyl (C=O) groups excluding carboxylic acids is 1. The first-order valence-electron chi connectivity index (χ1n) is 5.82. The summed E-state index contributed by atoms with van der Waals surface area (Å²) in [4.78, 5) is 26.1. The summed E-state index contributed by atoms with van der Waals surface area (Å²) in [6.45, 7) is 0. The van der Waals surface area contributed by atoms with E-state index < -0.39 is 18.2 Å². The van der Waals surface area contributed by atoms with Gasteiger partial charge in [0.2, 0.25) is 0 Å². The number of hydrogen-bond acceptors (Lipinski definition) is 4. The van der Waals surface area contributed by atoms with Crippen LogP contribution in [0.3, 0.4) is 0 Å². The highest BCUT2D eigenvalue weighted by Gasteiger charge is 2.11. The average Bonchev–Trinajstić information content (AvgIpc) is 2.47. The molecule has 1 aromatic carbocycles. The van der Waals surface area contributed by atoms with Gasteiger partial charge in [-0.05, 0) is 29.3 Å². The zero-order valence-corrected chi connectivity index (χ0v) is 10.4. The van der Waals surface area contributed by atoms with E-state index in [0.717, 1.165) is 11.1 Å². The Kier molecular flexibility index (Phi) is 3.87. The molecule has 0 aliphatic carbocycles. The summed E-state index contributed by atoms with van der Waals surface area (Å²) in [5, 5.41) is 17.5. The molecular formula is C15H10N2O3. The van der Waals surface area contributed by atoms with E-state index in [1.807, 2.05) is 6.07 Å². The molecule has 1 heterocycles. The summed E-state index contributed by atoms with van der Waals surface area (Å²) < 4.78 is 0. The van der Waals surface area contributed by atoms with E-state index in [4.69, 9.17) is 10.4 Å². The molecule has 0 radical (unpaired) electrons. The van der Waals surface area contributed by atoms with Crippen molar-refractivity contribution in [3.63, 3.8) is 0 Å². The number of carbonyl (C=O) groups is 2. The van der Waals surface area contributed by atoms with Crippen molar-refractivity contribution in [3.05, 3.63) is 53.9 Å². The van der Waals surface area contributed by atoms with Crippen LogP contribution in [0.1, 0.15) is 22.5 Å². The van der Waals surface area contributed by atoms with Crippen molar-refractivity contribution >= 4 is 11.8 Å². The van der Waals surface area contributed by atoms with Gasteiger partial charge >= 0.3 is 5.97 Å². The van der Waals surface area contributed by atoms with Gasteiger partial charge in [0, 0.05) is 11.8 Å². The van der Waals surface area contributed by atoms with Crippen LogP contribution in [-0.2, 0) is 4.79 Å². The lowest BCUT2D eigenvalue weighted by Gasteiger charge is -2.04. The summed E-state index contributed by atoms with van der Waals surface area (Å²) in [5.41, 5.74) is 2.10. The number of nitrogens with zero attached hydrogens (tertiary/aromatic N) is 2. The molecule has 0 saturated carbocycles. The van der Waals surface area contributed by atoms with Crippen LogP contribution < -0.4 is 0 Å². The highest BCUT2D eigenvalue weighted by atomic mass is 16.4. The van der Waals surface area contributed by atoms with Gasteiger partial charge in [0.1, 0.15) is 18.2 Å². The highest BCUT2D eigenvalue weighted by molar-refractivity contribution is 6.06. The molecule has 2 rings (SSSR count). The fourth-order valence-corrected chi connectivity index (χ4v) is 1.78. The molecule has 5 nitrogen and oxygen atoms in total. The summed E-state index contributed by atoms with van der Waals surface area (Å²) in [6.07, 6.45) is 0.975. The molecule has 1 aromatic heterocycles. The first kappa shape index (κ1) is 13.4. The number of pyridine rings is 1. The fraction of sp³-hybridized carbons (Fsp3) is 0.0667. The van der Waals surface area contributed by atoms with Crippen LogP contribution in [-0.4, -0.2) is 21.8 Å². The van der Waals surface area contributed by atoms with Crippen molar-refractivity contribution in [1.29, 1.82) is 5.26 Å². The van der Waals surface area contributed by atoms with E-state index >= 15 is 0 Å². The smallest absolute Gasteiger partial charge is 0.311 e. The van der Waals surface area contributed by atoms with Crippen LogP contribution in [0, 0.1) is 11.3 Å². The topological polar surface area (TPSA) is 91.0 Å². The van der Waals surface area contributed by atoms with Crippen LogP contribution in [0.25, 0.3) is 11.1 Å². The van der Waals surface area contributed by atoms with Gasteiger partial charge in [-0.15, -0.1) is 0 Å². The van der Waals surface area contributed by atoms with Gasteiger partial charge in [0.25, 0.3) is 0 Å². The lowest BCUT2D eigenvalue weighted by molar-refractivity contribution is -0.135. The van der Waals surface area contributed by atoms with Gasteiger partial charge in [0.05, 0.1) is 0 Å². The average molecular weight is 266 g/mol. The minimum Gasteiger partial charge on any atom is -0.481 e. The molecule has 0 aliphatic heterocycles. The van der Waals surface area contributed by atoms with E-state index in [9.17, 15) is 9.59 Å². The predicted octanol–water partition coefficient (Wildman–Crippen LogP) is 2.28. The van der Waals surface area contributed by atoms with Gasteiger partial charge in [-0.25, -0.2) is 4.98 Å². The third-order valence-electron chi connectivity index (χ3n) is 2.70. The minimum absolute atomic E-state index is 0.282. The minimum atomic E-state index is -1.16. The second-order valence-electron chi connectivity index (χ2n) is 4.12. The quantitative estimate of drug-likeness (QED) is 0.677. The maximum Gasteiger partial charge on any atom is 0.311 e. The van der Waals surface area contributed by atoms with Crippen LogP contribution in [0.4, 0.5) is 0 Å². The Hall–Kier alpha value is -3.00. The Bertz CT molecular complexity index is 717. The lowest BCUT2D eigenvalue weighted by atomic mass is 10.0. The van der Waals surface area contributed by atoms with Crippen molar-refractivity contribution in [2.24, 2.45) is 0 Å². The number of hydrogen-bond donors (Lipinski definition) is 1. The number of ketones is 1. The second-order valence-corrected chi connectivity index (χ2v) is 4.12. The summed E-state index contributed by atoms with van der Waals surface area (Å²) in [5.74, 6) is -1.61. The van der Waals surface area contributed by atoms with Crippen molar-refractivity contribution in [2.75, 3.05) is 0 Å². The summed E-state index contributed by atoms with van der Waals surface area (Å²) in [7, 11) is 0. The summed E-state index contributed by atoms with van der Waals surface area (Å²) >= 11 is 0. The molecule has 2 aromatic rings. The Balaban J connectivity index is 2.37. The lowest BCUT2D eigenvalue weighted by Crippen LogP contribution is -2.06. The third-order valence-corrected chi connectivity index (χ3v) is 2.70. The Morgan fingerprint density at radius 2 is 1.95 bits per heavy atom. The van der Waals surface area contributed by atoms with Crippen LogP contribution in [0.15, 0.2) is 42.6 Å². The third kappa shape index (κ3) is 3.06.